The average molecular weight is 418 g/mol. The van der Waals surface area contributed by atoms with Crippen LogP contribution in [0.1, 0.15) is 23.0 Å². The lowest BCUT2D eigenvalue weighted by atomic mass is 10.2. The van der Waals surface area contributed by atoms with Crippen LogP contribution in [0.25, 0.3) is 0 Å². The Balaban J connectivity index is 1.46. The summed E-state index contributed by atoms with van der Waals surface area (Å²) in [6.45, 7) is 2.46. The van der Waals surface area contributed by atoms with E-state index in [1.165, 1.54) is 16.0 Å². The third-order valence-corrected chi connectivity index (χ3v) is 6.03. The van der Waals surface area contributed by atoms with Gasteiger partial charge in [0.05, 0.1) is 22.8 Å². The molecule has 7 nitrogen and oxygen atoms in total. The van der Waals surface area contributed by atoms with Crippen molar-refractivity contribution in [2.45, 2.75) is 19.3 Å². The van der Waals surface area contributed by atoms with E-state index in [0.29, 0.717) is 35.0 Å². The fraction of sp³-hybridized carbons (Fsp3) is 0.368. The second kappa shape index (κ2) is 7.52. The van der Waals surface area contributed by atoms with Gasteiger partial charge in [-0.25, -0.2) is 9.67 Å². The fourth-order valence-corrected chi connectivity index (χ4v) is 3.95. The molecule has 0 radical (unpaired) electrons. The summed E-state index contributed by atoms with van der Waals surface area (Å²) in [5, 5.41) is 6.71. The first-order valence-electron chi connectivity index (χ1n) is 8.91. The molecule has 4 rings (SSSR count). The van der Waals surface area contributed by atoms with E-state index in [9.17, 15) is 4.79 Å². The zero-order valence-corrected chi connectivity index (χ0v) is 17.4. The molecule has 28 heavy (non-hydrogen) atoms. The lowest BCUT2D eigenvalue weighted by Gasteiger charge is -2.17. The van der Waals surface area contributed by atoms with Gasteiger partial charge >= 0.3 is 0 Å². The van der Waals surface area contributed by atoms with Crippen LogP contribution in [0.2, 0.25) is 5.02 Å². The molecule has 0 aromatic carbocycles. The van der Waals surface area contributed by atoms with E-state index < -0.39 is 0 Å². The Morgan fingerprint density at radius 3 is 2.86 bits per heavy atom. The summed E-state index contributed by atoms with van der Waals surface area (Å²) in [6, 6.07) is 5.51. The summed E-state index contributed by atoms with van der Waals surface area (Å²) < 4.78 is 7.22. The number of aromatic nitrogens is 4. The van der Waals surface area contributed by atoms with Crippen LogP contribution in [0.5, 0.6) is 5.88 Å². The number of hydrogen-bond acceptors (Lipinski definition) is 7. The van der Waals surface area contributed by atoms with Crippen LogP contribution in [-0.2, 0) is 7.05 Å². The summed E-state index contributed by atoms with van der Waals surface area (Å²) in [5.74, 6) is 1.20. The minimum absolute atomic E-state index is 0.185. The predicted octanol–water partition coefficient (Wildman–Crippen LogP) is 3.54. The largest absolute Gasteiger partial charge is 0.476 e. The molecule has 1 aliphatic carbocycles. The molecule has 0 bridgehead atoms. The lowest BCUT2D eigenvalue weighted by molar-refractivity contribution is 0.278. The highest BCUT2D eigenvalue weighted by Gasteiger charge is 2.40. The second-order valence-corrected chi connectivity index (χ2v) is 8.54. The number of thiazole rings is 1. The number of aryl methyl sites for hydroxylation is 2. The van der Waals surface area contributed by atoms with Gasteiger partial charge in [0.2, 0.25) is 5.88 Å². The Morgan fingerprint density at radius 1 is 1.36 bits per heavy atom. The van der Waals surface area contributed by atoms with E-state index >= 15 is 0 Å². The maximum absolute atomic E-state index is 12.5. The number of pyridine rings is 1. The van der Waals surface area contributed by atoms with Crippen molar-refractivity contribution in [3.8, 4) is 5.88 Å². The van der Waals surface area contributed by atoms with Crippen LogP contribution < -0.4 is 15.2 Å². The fourth-order valence-electron chi connectivity index (χ4n) is 3.09. The molecule has 9 heteroatoms. The first kappa shape index (κ1) is 18.9. The molecule has 1 saturated carbocycles. The van der Waals surface area contributed by atoms with E-state index in [1.807, 2.05) is 31.0 Å². The Kier molecular flexibility index (Phi) is 5.07. The molecular weight excluding hydrogens is 398 g/mol. The molecule has 0 spiro atoms. The van der Waals surface area contributed by atoms with Crippen molar-refractivity contribution < 1.29 is 4.74 Å². The minimum Gasteiger partial charge on any atom is -0.476 e. The van der Waals surface area contributed by atoms with Crippen molar-refractivity contribution in [1.29, 1.82) is 0 Å². The van der Waals surface area contributed by atoms with Gasteiger partial charge in [0.25, 0.3) is 5.56 Å². The second-order valence-electron chi connectivity index (χ2n) is 6.89. The monoisotopic (exact) mass is 417 g/mol. The van der Waals surface area contributed by atoms with Crippen LogP contribution in [0, 0.1) is 12.8 Å². The normalized spacial score (nSPS) is 18.1. The zero-order valence-electron chi connectivity index (χ0n) is 15.8. The van der Waals surface area contributed by atoms with Crippen molar-refractivity contribution >= 4 is 33.6 Å². The number of halogens is 1. The van der Waals surface area contributed by atoms with Crippen LogP contribution in [-0.4, -0.2) is 33.4 Å². The van der Waals surface area contributed by atoms with Gasteiger partial charge < -0.3 is 9.64 Å². The molecular formula is C19H20ClN5O2S. The van der Waals surface area contributed by atoms with Gasteiger partial charge in [-0.15, -0.1) is 16.4 Å². The SMILES string of the molecule is Cc1ncc(N(C)c2cc(OC[C@H]3C[C@@H]3c3ccc(Cl)cn3)nn(C)c2=O)s1. The average Bonchev–Trinajstić information content (AvgIpc) is 3.33. The van der Waals surface area contributed by atoms with Crippen molar-refractivity contribution in [2.24, 2.45) is 13.0 Å². The summed E-state index contributed by atoms with van der Waals surface area (Å²) >= 11 is 7.42. The van der Waals surface area contributed by atoms with Gasteiger partial charge in [0, 0.05) is 43.9 Å². The Hall–Kier alpha value is -2.45. The molecule has 3 aromatic heterocycles. The summed E-state index contributed by atoms with van der Waals surface area (Å²) in [6.07, 6.45) is 4.45. The van der Waals surface area contributed by atoms with Crippen molar-refractivity contribution in [3.63, 3.8) is 0 Å². The molecule has 0 saturated heterocycles. The van der Waals surface area contributed by atoms with Crippen molar-refractivity contribution in [2.75, 3.05) is 18.6 Å². The Labute approximate surface area is 171 Å². The van der Waals surface area contributed by atoms with Crippen LogP contribution in [0.15, 0.2) is 35.4 Å². The molecule has 2 atom stereocenters. The number of anilines is 2. The smallest absolute Gasteiger partial charge is 0.290 e. The molecule has 1 fully saturated rings. The van der Waals surface area contributed by atoms with Crippen LogP contribution >= 0.6 is 22.9 Å². The number of nitrogens with zero attached hydrogens (tertiary/aromatic N) is 5. The minimum atomic E-state index is -0.185. The van der Waals surface area contributed by atoms with Crippen molar-refractivity contribution in [3.05, 3.63) is 56.7 Å². The number of ether oxygens (including phenoxy) is 1. The molecule has 0 amide bonds. The predicted molar refractivity (Wildman–Crippen MR) is 110 cm³/mol. The Bertz CT molecular complexity index is 1050. The summed E-state index contributed by atoms with van der Waals surface area (Å²) in [7, 11) is 3.47. The highest BCUT2D eigenvalue weighted by molar-refractivity contribution is 7.15. The Morgan fingerprint density at radius 2 is 2.18 bits per heavy atom. The molecule has 146 valence electrons. The van der Waals surface area contributed by atoms with Crippen LogP contribution in [0.4, 0.5) is 10.7 Å². The van der Waals surface area contributed by atoms with Gasteiger partial charge in [-0.1, -0.05) is 11.6 Å². The molecule has 0 N–H and O–H groups in total. The van der Waals surface area contributed by atoms with Gasteiger partial charge in [-0.05, 0) is 25.5 Å². The topological polar surface area (TPSA) is 73.1 Å². The number of hydrogen-bond donors (Lipinski definition) is 0. The quantitative estimate of drug-likeness (QED) is 0.610. The third-order valence-electron chi connectivity index (χ3n) is 4.82. The third kappa shape index (κ3) is 3.88. The number of rotatable bonds is 6. The van der Waals surface area contributed by atoms with E-state index in [0.717, 1.165) is 22.1 Å². The van der Waals surface area contributed by atoms with Gasteiger partial charge in [0.15, 0.2) is 0 Å². The van der Waals surface area contributed by atoms with Gasteiger partial charge in [0.1, 0.15) is 10.7 Å². The molecule has 3 aromatic rings. The molecule has 0 unspecified atom stereocenters. The first-order valence-corrected chi connectivity index (χ1v) is 10.1. The van der Waals surface area contributed by atoms with E-state index in [4.69, 9.17) is 16.3 Å². The van der Waals surface area contributed by atoms with E-state index in [-0.39, 0.29) is 5.56 Å². The van der Waals surface area contributed by atoms with E-state index in [1.54, 1.807) is 25.5 Å². The molecule has 1 aliphatic rings. The lowest BCUT2D eigenvalue weighted by Crippen LogP contribution is -2.27. The van der Waals surface area contributed by atoms with Gasteiger partial charge in [-0.2, -0.15) is 0 Å². The standard InChI is InChI=1S/C19H20ClN5O2S/c1-11-21-9-18(28-11)24(2)16-7-17(23-25(3)19(16)26)27-10-12-6-14(12)15-5-4-13(20)8-22-15/h4-5,7-9,12,14H,6,10H2,1-3H3/t12-,14+/m1/s1. The highest BCUT2D eigenvalue weighted by Crippen LogP contribution is 2.46. The first-order chi connectivity index (χ1) is 13.4. The highest BCUT2D eigenvalue weighted by atomic mass is 35.5. The maximum atomic E-state index is 12.5. The maximum Gasteiger partial charge on any atom is 0.290 e. The molecule has 3 heterocycles. The van der Waals surface area contributed by atoms with Gasteiger partial charge in [-0.3, -0.25) is 9.78 Å². The zero-order chi connectivity index (χ0) is 19.8. The molecule has 0 aliphatic heterocycles. The summed E-state index contributed by atoms with van der Waals surface area (Å²) in [4.78, 5) is 23.0. The van der Waals surface area contributed by atoms with E-state index in [2.05, 4.69) is 15.1 Å². The van der Waals surface area contributed by atoms with Crippen molar-refractivity contribution in [1.82, 2.24) is 19.7 Å². The summed E-state index contributed by atoms with van der Waals surface area (Å²) in [5.41, 5.74) is 1.35. The van der Waals surface area contributed by atoms with Crippen LogP contribution in [0.3, 0.4) is 0 Å².